The van der Waals surface area contributed by atoms with Crippen molar-refractivity contribution in [3.05, 3.63) is 12.2 Å². The fraction of sp³-hybridized carbons (Fsp3) is 0.750. The molecular weight excluding hydrogens is 230 g/mol. The Morgan fingerprint density at radius 1 is 1.50 bits per heavy atom. The number of hydrogen-bond donors (Lipinski definition) is 2. The second-order valence-electron chi connectivity index (χ2n) is 5.01. The van der Waals surface area contributed by atoms with E-state index in [9.17, 15) is 4.79 Å². The van der Waals surface area contributed by atoms with Gasteiger partial charge in [0, 0.05) is 13.0 Å². The predicted molar refractivity (Wildman–Crippen MR) is 67.4 cm³/mol. The number of aromatic nitrogens is 3. The van der Waals surface area contributed by atoms with Gasteiger partial charge in [-0.25, -0.2) is 4.98 Å². The second-order valence-corrected chi connectivity index (χ2v) is 5.01. The van der Waals surface area contributed by atoms with Crippen LogP contribution in [0.3, 0.4) is 0 Å². The molecule has 1 aliphatic rings. The number of amides is 1. The van der Waals surface area contributed by atoms with E-state index in [1.807, 2.05) is 7.05 Å². The van der Waals surface area contributed by atoms with Gasteiger partial charge in [-0.3, -0.25) is 9.48 Å². The molecule has 0 atom stereocenters. The van der Waals surface area contributed by atoms with E-state index in [4.69, 9.17) is 5.73 Å². The van der Waals surface area contributed by atoms with Crippen molar-refractivity contribution in [2.45, 2.75) is 32.2 Å². The minimum absolute atomic E-state index is 0.123. The lowest BCUT2D eigenvalue weighted by Gasteiger charge is -2.26. The van der Waals surface area contributed by atoms with E-state index < -0.39 is 0 Å². The fourth-order valence-electron chi connectivity index (χ4n) is 2.44. The van der Waals surface area contributed by atoms with Crippen LogP contribution in [-0.4, -0.2) is 27.2 Å². The number of nitrogens with zero attached hydrogens (tertiary/aromatic N) is 3. The number of nitrogens with one attached hydrogen (secondary N) is 1. The van der Waals surface area contributed by atoms with E-state index in [0.717, 1.165) is 32.2 Å². The Morgan fingerprint density at radius 2 is 2.22 bits per heavy atom. The van der Waals surface area contributed by atoms with Crippen LogP contribution in [0.2, 0.25) is 0 Å². The van der Waals surface area contributed by atoms with Crippen molar-refractivity contribution in [1.29, 1.82) is 0 Å². The topological polar surface area (TPSA) is 85.8 Å². The third-order valence-electron chi connectivity index (χ3n) is 3.62. The van der Waals surface area contributed by atoms with E-state index in [-0.39, 0.29) is 11.8 Å². The molecule has 100 valence electrons. The van der Waals surface area contributed by atoms with Crippen LogP contribution >= 0.6 is 0 Å². The lowest BCUT2D eigenvalue weighted by Crippen LogP contribution is -2.34. The summed E-state index contributed by atoms with van der Waals surface area (Å²) in [4.78, 5) is 16.0. The molecule has 1 saturated carbocycles. The first kappa shape index (κ1) is 13.0. The highest BCUT2D eigenvalue weighted by Crippen LogP contribution is 2.28. The number of aryl methyl sites for hydroxylation is 1. The summed E-state index contributed by atoms with van der Waals surface area (Å²) >= 11 is 0. The minimum Gasteiger partial charge on any atom is -0.348 e. The van der Waals surface area contributed by atoms with Gasteiger partial charge in [0.1, 0.15) is 6.33 Å². The quantitative estimate of drug-likeness (QED) is 0.800. The molecule has 0 unspecified atom stereocenters. The van der Waals surface area contributed by atoms with Crippen molar-refractivity contribution in [1.82, 2.24) is 20.1 Å². The smallest absolute Gasteiger partial charge is 0.223 e. The monoisotopic (exact) mass is 251 g/mol. The van der Waals surface area contributed by atoms with Crippen LogP contribution in [0, 0.1) is 11.8 Å². The van der Waals surface area contributed by atoms with Crippen LogP contribution in [0.15, 0.2) is 6.33 Å². The van der Waals surface area contributed by atoms with Crippen LogP contribution in [0.4, 0.5) is 0 Å². The van der Waals surface area contributed by atoms with Gasteiger partial charge in [-0.15, -0.1) is 0 Å². The van der Waals surface area contributed by atoms with Crippen LogP contribution < -0.4 is 11.1 Å². The highest BCUT2D eigenvalue weighted by atomic mass is 16.1. The molecule has 0 bridgehead atoms. The largest absolute Gasteiger partial charge is 0.348 e. The summed E-state index contributed by atoms with van der Waals surface area (Å²) in [5, 5.41) is 7.03. The van der Waals surface area contributed by atoms with E-state index >= 15 is 0 Å². The zero-order valence-corrected chi connectivity index (χ0v) is 10.8. The summed E-state index contributed by atoms with van der Waals surface area (Å²) in [6.07, 6.45) is 5.66. The Hall–Kier alpha value is -1.43. The fourth-order valence-corrected chi connectivity index (χ4v) is 2.44. The van der Waals surface area contributed by atoms with Crippen molar-refractivity contribution in [2.24, 2.45) is 24.6 Å². The molecule has 1 heterocycles. The third kappa shape index (κ3) is 3.29. The normalized spacial score (nSPS) is 23.9. The molecule has 1 aromatic rings. The molecule has 0 aliphatic heterocycles. The molecule has 0 saturated heterocycles. The molecule has 0 spiro atoms. The first-order chi connectivity index (χ1) is 8.69. The molecule has 2 rings (SSSR count). The highest BCUT2D eigenvalue weighted by molar-refractivity contribution is 5.78. The van der Waals surface area contributed by atoms with Crippen molar-refractivity contribution in [3.8, 4) is 0 Å². The molecule has 1 aliphatic carbocycles. The van der Waals surface area contributed by atoms with Crippen LogP contribution in [0.25, 0.3) is 0 Å². The summed E-state index contributed by atoms with van der Waals surface area (Å²) in [6, 6.07) is 0. The van der Waals surface area contributed by atoms with Gasteiger partial charge < -0.3 is 11.1 Å². The zero-order chi connectivity index (χ0) is 13.0. The van der Waals surface area contributed by atoms with Gasteiger partial charge in [0.15, 0.2) is 5.82 Å². The lowest BCUT2D eigenvalue weighted by atomic mass is 9.81. The number of rotatable bonds is 4. The average molecular weight is 251 g/mol. The molecule has 6 heteroatoms. The Kier molecular flexibility index (Phi) is 4.30. The second kappa shape index (κ2) is 5.95. The third-order valence-corrected chi connectivity index (χ3v) is 3.62. The van der Waals surface area contributed by atoms with Gasteiger partial charge in [0.05, 0.1) is 6.54 Å². The van der Waals surface area contributed by atoms with Crippen molar-refractivity contribution in [3.63, 3.8) is 0 Å². The summed E-state index contributed by atoms with van der Waals surface area (Å²) in [6.45, 7) is 1.16. The maximum atomic E-state index is 12.0. The molecule has 18 heavy (non-hydrogen) atoms. The molecule has 0 radical (unpaired) electrons. The Bertz CT molecular complexity index is 395. The van der Waals surface area contributed by atoms with Gasteiger partial charge in [0.2, 0.25) is 5.91 Å². The van der Waals surface area contributed by atoms with E-state index in [0.29, 0.717) is 18.3 Å². The summed E-state index contributed by atoms with van der Waals surface area (Å²) < 4.78 is 1.63. The van der Waals surface area contributed by atoms with Gasteiger partial charge in [0.25, 0.3) is 0 Å². The van der Waals surface area contributed by atoms with Crippen LogP contribution in [0.1, 0.15) is 31.5 Å². The molecule has 1 amide bonds. The first-order valence-electron chi connectivity index (χ1n) is 6.51. The van der Waals surface area contributed by atoms with E-state index in [1.54, 1.807) is 11.0 Å². The molecule has 0 aromatic carbocycles. The Labute approximate surface area is 107 Å². The maximum absolute atomic E-state index is 12.0. The standard InChI is InChI=1S/C12H21N5O/c1-17-8-15-11(16-17)7-14-12(18)10-4-2-9(6-13)3-5-10/h8-10H,2-7,13H2,1H3,(H,14,18). The summed E-state index contributed by atoms with van der Waals surface area (Å²) in [7, 11) is 1.81. The molecular formula is C12H21N5O. The Balaban J connectivity index is 1.75. The highest BCUT2D eigenvalue weighted by Gasteiger charge is 2.25. The van der Waals surface area contributed by atoms with Gasteiger partial charge in [-0.05, 0) is 38.1 Å². The van der Waals surface area contributed by atoms with E-state index in [1.165, 1.54) is 0 Å². The zero-order valence-electron chi connectivity index (χ0n) is 10.8. The maximum Gasteiger partial charge on any atom is 0.223 e. The molecule has 3 N–H and O–H groups in total. The first-order valence-corrected chi connectivity index (χ1v) is 6.51. The van der Waals surface area contributed by atoms with Crippen molar-refractivity contribution < 1.29 is 4.79 Å². The SMILES string of the molecule is Cn1cnc(CNC(=O)C2CCC(CN)CC2)n1. The van der Waals surface area contributed by atoms with Gasteiger partial charge >= 0.3 is 0 Å². The Morgan fingerprint density at radius 3 is 2.78 bits per heavy atom. The summed E-state index contributed by atoms with van der Waals surface area (Å²) in [5.74, 6) is 1.52. The average Bonchev–Trinajstić information content (AvgIpc) is 2.82. The molecule has 1 aromatic heterocycles. The van der Waals surface area contributed by atoms with Crippen molar-refractivity contribution in [2.75, 3.05) is 6.54 Å². The van der Waals surface area contributed by atoms with Crippen LogP contribution in [-0.2, 0) is 18.4 Å². The predicted octanol–water partition coefficient (Wildman–Crippen LogP) is 0.196. The van der Waals surface area contributed by atoms with Gasteiger partial charge in [-0.1, -0.05) is 0 Å². The molecule has 1 fully saturated rings. The number of carbonyl (C=O) groups excluding carboxylic acids is 1. The van der Waals surface area contributed by atoms with E-state index in [2.05, 4.69) is 15.4 Å². The van der Waals surface area contributed by atoms with Crippen molar-refractivity contribution >= 4 is 5.91 Å². The van der Waals surface area contributed by atoms with Crippen LogP contribution in [0.5, 0.6) is 0 Å². The molecule has 6 nitrogen and oxygen atoms in total. The van der Waals surface area contributed by atoms with Gasteiger partial charge in [-0.2, -0.15) is 5.10 Å². The number of hydrogen-bond acceptors (Lipinski definition) is 4. The minimum atomic E-state index is 0.123. The summed E-state index contributed by atoms with van der Waals surface area (Å²) in [5.41, 5.74) is 5.64. The lowest BCUT2D eigenvalue weighted by molar-refractivity contribution is -0.126. The number of carbonyl (C=O) groups is 1. The number of nitrogens with two attached hydrogens (primary N) is 1.